The molecule has 2 unspecified atom stereocenters. The van der Waals surface area contributed by atoms with Crippen LogP contribution in [-0.2, 0) is 12.5 Å². The third-order valence-electron chi connectivity index (χ3n) is 3.76. The highest BCUT2D eigenvalue weighted by molar-refractivity contribution is 5.09. The second-order valence-electron chi connectivity index (χ2n) is 6.20. The van der Waals surface area contributed by atoms with E-state index in [0.717, 1.165) is 18.2 Å². The number of nitrogens with two attached hydrogens (primary N) is 1. The molecule has 1 fully saturated rings. The van der Waals surface area contributed by atoms with E-state index in [1.54, 1.807) is 0 Å². The fraction of sp³-hybridized carbons (Fsp3) is 0.846. The first-order valence-electron chi connectivity index (χ1n) is 6.55. The topological polar surface area (TPSA) is 56.7 Å². The number of aromatic nitrogens is 3. The monoisotopic (exact) mass is 236 g/mol. The standard InChI is InChI=1S/C13H24N4/c1-13(2,3)12-15-11(17(4)16-12)10-7-5-6-9(10)8-14/h9-10H,5-8,14H2,1-4H3. The van der Waals surface area contributed by atoms with Gasteiger partial charge < -0.3 is 5.73 Å². The van der Waals surface area contributed by atoms with E-state index >= 15 is 0 Å². The molecule has 96 valence electrons. The number of nitrogens with zero attached hydrogens (tertiary/aromatic N) is 3. The summed E-state index contributed by atoms with van der Waals surface area (Å²) in [6, 6.07) is 0. The summed E-state index contributed by atoms with van der Waals surface area (Å²) in [5.74, 6) is 3.17. The molecule has 1 aliphatic carbocycles. The summed E-state index contributed by atoms with van der Waals surface area (Å²) in [6.07, 6.45) is 3.71. The van der Waals surface area contributed by atoms with Gasteiger partial charge in [0.25, 0.3) is 0 Å². The zero-order valence-corrected chi connectivity index (χ0v) is 11.4. The van der Waals surface area contributed by atoms with Gasteiger partial charge in [-0.3, -0.25) is 4.68 Å². The summed E-state index contributed by atoms with van der Waals surface area (Å²) in [4.78, 5) is 4.76. The molecule has 0 spiro atoms. The summed E-state index contributed by atoms with van der Waals surface area (Å²) in [5, 5.41) is 4.56. The summed E-state index contributed by atoms with van der Waals surface area (Å²) in [6.45, 7) is 7.23. The molecule has 0 aliphatic heterocycles. The van der Waals surface area contributed by atoms with Gasteiger partial charge in [0.2, 0.25) is 0 Å². The van der Waals surface area contributed by atoms with Crippen molar-refractivity contribution in [3.63, 3.8) is 0 Å². The number of rotatable bonds is 2. The smallest absolute Gasteiger partial charge is 0.156 e. The van der Waals surface area contributed by atoms with Gasteiger partial charge in [-0.1, -0.05) is 27.2 Å². The van der Waals surface area contributed by atoms with Crippen molar-refractivity contribution >= 4 is 0 Å². The molecule has 2 rings (SSSR count). The fourth-order valence-electron chi connectivity index (χ4n) is 2.70. The summed E-state index contributed by atoms with van der Waals surface area (Å²) >= 11 is 0. The van der Waals surface area contributed by atoms with Gasteiger partial charge in [-0.15, -0.1) is 0 Å². The van der Waals surface area contributed by atoms with Crippen molar-refractivity contribution in [3.8, 4) is 0 Å². The van der Waals surface area contributed by atoms with Gasteiger partial charge >= 0.3 is 0 Å². The molecular formula is C13H24N4. The van der Waals surface area contributed by atoms with Gasteiger partial charge in [0, 0.05) is 18.4 Å². The van der Waals surface area contributed by atoms with E-state index in [4.69, 9.17) is 10.7 Å². The van der Waals surface area contributed by atoms with Gasteiger partial charge in [0.15, 0.2) is 5.82 Å². The van der Waals surface area contributed by atoms with Gasteiger partial charge in [-0.05, 0) is 25.3 Å². The van der Waals surface area contributed by atoms with Crippen LogP contribution in [-0.4, -0.2) is 21.3 Å². The molecule has 1 aliphatic rings. The SMILES string of the molecule is Cn1nc(C(C)(C)C)nc1C1CCCC1CN. The molecule has 1 saturated carbocycles. The summed E-state index contributed by atoms with van der Waals surface area (Å²) in [5.41, 5.74) is 5.87. The maximum Gasteiger partial charge on any atom is 0.156 e. The second kappa shape index (κ2) is 4.41. The van der Waals surface area contributed by atoms with E-state index in [2.05, 4.69) is 25.9 Å². The van der Waals surface area contributed by atoms with Crippen molar-refractivity contribution in [2.75, 3.05) is 6.54 Å². The molecule has 17 heavy (non-hydrogen) atoms. The average molecular weight is 236 g/mol. The summed E-state index contributed by atoms with van der Waals surface area (Å²) < 4.78 is 1.96. The maximum absolute atomic E-state index is 5.85. The number of aryl methyl sites for hydroxylation is 1. The molecule has 2 N–H and O–H groups in total. The van der Waals surface area contributed by atoms with Crippen LogP contribution in [0.5, 0.6) is 0 Å². The first kappa shape index (κ1) is 12.6. The number of hydrogen-bond donors (Lipinski definition) is 1. The lowest BCUT2D eigenvalue weighted by molar-refractivity contribution is 0.460. The molecule has 4 heteroatoms. The molecule has 1 heterocycles. The molecular weight excluding hydrogens is 212 g/mol. The van der Waals surface area contributed by atoms with E-state index in [9.17, 15) is 0 Å². The highest BCUT2D eigenvalue weighted by atomic mass is 15.3. The minimum Gasteiger partial charge on any atom is -0.330 e. The first-order chi connectivity index (χ1) is 7.93. The average Bonchev–Trinajstić information content (AvgIpc) is 2.81. The Morgan fingerprint density at radius 1 is 1.35 bits per heavy atom. The maximum atomic E-state index is 5.85. The Kier molecular flexibility index (Phi) is 3.25. The minimum atomic E-state index is 0.0207. The Hall–Kier alpha value is -0.900. The van der Waals surface area contributed by atoms with Gasteiger partial charge in [0.1, 0.15) is 5.82 Å². The third-order valence-corrected chi connectivity index (χ3v) is 3.76. The fourth-order valence-corrected chi connectivity index (χ4v) is 2.70. The first-order valence-corrected chi connectivity index (χ1v) is 6.55. The van der Waals surface area contributed by atoms with Crippen LogP contribution < -0.4 is 5.73 Å². The van der Waals surface area contributed by atoms with Crippen molar-refractivity contribution in [2.24, 2.45) is 18.7 Å². The van der Waals surface area contributed by atoms with Crippen LogP contribution in [0.4, 0.5) is 0 Å². The van der Waals surface area contributed by atoms with Gasteiger partial charge in [-0.2, -0.15) is 5.10 Å². The van der Waals surface area contributed by atoms with Crippen LogP contribution in [0.2, 0.25) is 0 Å². The highest BCUT2D eigenvalue weighted by Crippen LogP contribution is 2.38. The molecule has 1 aromatic rings. The van der Waals surface area contributed by atoms with E-state index in [0.29, 0.717) is 11.8 Å². The normalized spacial score (nSPS) is 25.5. The van der Waals surface area contributed by atoms with Gasteiger partial charge in [0.05, 0.1) is 0 Å². The zero-order chi connectivity index (χ0) is 12.6. The molecule has 2 atom stereocenters. The molecule has 0 radical (unpaired) electrons. The van der Waals surface area contributed by atoms with Crippen LogP contribution in [0.3, 0.4) is 0 Å². The lowest BCUT2D eigenvalue weighted by Crippen LogP contribution is -2.19. The van der Waals surface area contributed by atoms with Crippen LogP contribution >= 0.6 is 0 Å². The molecule has 0 bridgehead atoms. The Morgan fingerprint density at radius 3 is 2.59 bits per heavy atom. The minimum absolute atomic E-state index is 0.0207. The lowest BCUT2D eigenvalue weighted by atomic mass is 9.94. The van der Waals surface area contributed by atoms with Crippen LogP contribution in [0.1, 0.15) is 57.6 Å². The van der Waals surface area contributed by atoms with E-state index in [1.165, 1.54) is 19.3 Å². The van der Waals surface area contributed by atoms with Crippen LogP contribution in [0.25, 0.3) is 0 Å². The van der Waals surface area contributed by atoms with Crippen molar-refractivity contribution in [1.82, 2.24) is 14.8 Å². The molecule has 1 aromatic heterocycles. The van der Waals surface area contributed by atoms with Crippen molar-refractivity contribution in [3.05, 3.63) is 11.6 Å². The second-order valence-corrected chi connectivity index (χ2v) is 6.20. The largest absolute Gasteiger partial charge is 0.330 e. The third kappa shape index (κ3) is 2.37. The van der Waals surface area contributed by atoms with Crippen molar-refractivity contribution in [1.29, 1.82) is 0 Å². The summed E-state index contributed by atoms with van der Waals surface area (Å²) in [7, 11) is 2.00. The Labute approximate surface area is 104 Å². The van der Waals surface area contributed by atoms with Gasteiger partial charge in [-0.25, -0.2) is 4.98 Å². The zero-order valence-electron chi connectivity index (χ0n) is 11.4. The van der Waals surface area contributed by atoms with E-state index < -0.39 is 0 Å². The molecule has 0 aromatic carbocycles. The molecule has 0 amide bonds. The quantitative estimate of drug-likeness (QED) is 0.854. The molecule has 4 nitrogen and oxygen atoms in total. The Morgan fingerprint density at radius 2 is 2.06 bits per heavy atom. The highest BCUT2D eigenvalue weighted by Gasteiger charge is 2.32. The lowest BCUT2D eigenvalue weighted by Gasteiger charge is -2.16. The van der Waals surface area contributed by atoms with Crippen molar-refractivity contribution < 1.29 is 0 Å². The van der Waals surface area contributed by atoms with Crippen molar-refractivity contribution in [2.45, 2.75) is 51.4 Å². The van der Waals surface area contributed by atoms with E-state index in [-0.39, 0.29) is 5.41 Å². The Bertz CT molecular complexity index is 389. The predicted molar refractivity (Wildman–Crippen MR) is 68.8 cm³/mol. The van der Waals surface area contributed by atoms with E-state index in [1.807, 2.05) is 11.7 Å². The Balaban J connectivity index is 2.30. The van der Waals surface area contributed by atoms with Crippen LogP contribution in [0, 0.1) is 5.92 Å². The predicted octanol–water partition coefficient (Wildman–Crippen LogP) is 1.95. The molecule has 0 saturated heterocycles. The number of hydrogen-bond acceptors (Lipinski definition) is 3. The van der Waals surface area contributed by atoms with Crippen LogP contribution in [0.15, 0.2) is 0 Å².